The summed E-state index contributed by atoms with van der Waals surface area (Å²) in [5.74, 6) is 0.820. The van der Waals surface area contributed by atoms with E-state index in [0.717, 1.165) is 12.0 Å². The summed E-state index contributed by atoms with van der Waals surface area (Å²) in [5, 5.41) is 12.2. The van der Waals surface area contributed by atoms with Crippen molar-refractivity contribution in [3.8, 4) is 11.5 Å². The number of hydrogen-bond donors (Lipinski definition) is 2. The Labute approximate surface area is 201 Å². The minimum atomic E-state index is -0.976. The lowest BCUT2D eigenvalue weighted by atomic mass is 10.1. The molecule has 0 heterocycles. The van der Waals surface area contributed by atoms with Gasteiger partial charge in [0.15, 0.2) is 6.10 Å². The topological polar surface area (TPSA) is 97.3 Å². The molecule has 186 valence electrons. The van der Waals surface area contributed by atoms with E-state index in [4.69, 9.17) is 14.2 Å². The van der Waals surface area contributed by atoms with E-state index in [9.17, 15) is 14.7 Å². The lowest BCUT2D eigenvalue weighted by molar-refractivity contribution is -0.149. The van der Waals surface area contributed by atoms with E-state index in [1.165, 1.54) is 0 Å². The van der Waals surface area contributed by atoms with Gasteiger partial charge in [-0.3, -0.25) is 0 Å². The fourth-order valence-electron chi connectivity index (χ4n) is 3.26. The molecule has 0 aromatic heterocycles. The number of nitrogens with zero attached hydrogens (tertiary/aromatic N) is 1. The number of amides is 2. The van der Waals surface area contributed by atoms with Crippen LogP contribution in [0, 0.1) is 5.92 Å². The van der Waals surface area contributed by atoms with E-state index in [2.05, 4.69) is 19.2 Å². The molecule has 2 aromatic carbocycles. The average Bonchev–Trinajstić information content (AvgIpc) is 2.81. The monoisotopic (exact) mass is 472 g/mol. The summed E-state index contributed by atoms with van der Waals surface area (Å²) in [6.45, 7) is 7.73. The van der Waals surface area contributed by atoms with Crippen LogP contribution in [0.25, 0.3) is 0 Å². The second kappa shape index (κ2) is 14.1. The molecule has 0 aliphatic rings. The van der Waals surface area contributed by atoms with Crippen molar-refractivity contribution in [2.75, 3.05) is 38.7 Å². The zero-order valence-electron chi connectivity index (χ0n) is 20.5. The lowest BCUT2D eigenvalue weighted by Crippen LogP contribution is -2.39. The van der Waals surface area contributed by atoms with Crippen molar-refractivity contribution in [1.82, 2.24) is 4.90 Å². The van der Waals surface area contributed by atoms with Crippen LogP contribution in [0.2, 0.25) is 0 Å². The van der Waals surface area contributed by atoms with E-state index in [1.54, 1.807) is 37.1 Å². The summed E-state index contributed by atoms with van der Waals surface area (Å²) in [6.07, 6.45) is 0.302. The number of anilines is 1. The second-order valence-corrected chi connectivity index (χ2v) is 8.31. The maximum atomic E-state index is 12.9. The number of carboxylic acid groups (broad SMARTS) is 1. The molecule has 0 saturated carbocycles. The molecule has 0 fully saturated rings. The van der Waals surface area contributed by atoms with Crippen LogP contribution in [0.3, 0.4) is 0 Å². The fraction of sp³-hybridized carbons (Fsp3) is 0.462. The van der Waals surface area contributed by atoms with Gasteiger partial charge in [0.2, 0.25) is 0 Å². The molecular formula is C26H36N2O6. The fourth-order valence-corrected chi connectivity index (χ4v) is 3.26. The van der Waals surface area contributed by atoms with Gasteiger partial charge in [0.05, 0.1) is 13.7 Å². The number of carbonyl (C=O) groups is 2. The number of aliphatic carboxylic acids is 1. The minimum absolute atomic E-state index is 0.191. The van der Waals surface area contributed by atoms with Crippen molar-refractivity contribution in [3.05, 3.63) is 54.1 Å². The van der Waals surface area contributed by atoms with Crippen molar-refractivity contribution >= 4 is 17.7 Å². The van der Waals surface area contributed by atoms with Crippen molar-refractivity contribution in [1.29, 1.82) is 0 Å². The third kappa shape index (κ3) is 9.31. The van der Waals surface area contributed by atoms with Gasteiger partial charge >= 0.3 is 12.0 Å². The predicted octanol–water partition coefficient (Wildman–Crippen LogP) is 4.69. The first kappa shape index (κ1) is 27.0. The molecule has 8 nitrogen and oxygen atoms in total. The quantitative estimate of drug-likeness (QED) is 0.414. The highest BCUT2D eigenvalue weighted by Crippen LogP contribution is 2.18. The molecule has 2 N–H and O–H groups in total. The van der Waals surface area contributed by atoms with E-state index < -0.39 is 12.1 Å². The highest BCUT2D eigenvalue weighted by atomic mass is 16.5. The highest BCUT2D eigenvalue weighted by molar-refractivity contribution is 5.89. The van der Waals surface area contributed by atoms with Crippen LogP contribution >= 0.6 is 0 Å². The maximum absolute atomic E-state index is 12.9. The van der Waals surface area contributed by atoms with Gasteiger partial charge in [-0.05, 0) is 49.1 Å². The Kier molecular flexibility index (Phi) is 11.2. The molecule has 1 unspecified atom stereocenters. The van der Waals surface area contributed by atoms with Crippen molar-refractivity contribution in [2.45, 2.75) is 39.7 Å². The van der Waals surface area contributed by atoms with Crippen LogP contribution in [0.15, 0.2) is 48.5 Å². The zero-order valence-corrected chi connectivity index (χ0v) is 20.5. The second-order valence-electron chi connectivity index (χ2n) is 8.31. The van der Waals surface area contributed by atoms with E-state index in [0.29, 0.717) is 49.4 Å². The Morgan fingerprint density at radius 2 is 1.79 bits per heavy atom. The minimum Gasteiger partial charge on any atom is -0.497 e. The molecule has 0 aliphatic carbocycles. The zero-order chi connectivity index (χ0) is 24.9. The Balaban J connectivity index is 1.92. The Bertz CT molecular complexity index is 900. The first-order chi connectivity index (χ1) is 16.3. The van der Waals surface area contributed by atoms with Crippen molar-refractivity contribution in [2.24, 2.45) is 5.92 Å². The van der Waals surface area contributed by atoms with Crippen LogP contribution in [0.1, 0.15) is 32.8 Å². The maximum Gasteiger partial charge on any atom is 0.333 e. The normalized spacial score (nSPS) is 11.7. The molecule has 0 saturated heterocycles. The van der Waals surface area contributed by atoms with Gasteiger partial charge in [0.1, 0.15) is 18.1 Å². The predicted molar refractivity (Wildman–Crippen MR) is 132 cm³/mol. The number of rotatable bonds is 14. The number of urea groups is 1. The number of methoxy groups -OCH3 is 1. The number of carbonyl (C=O) groups excluding carboxylic acids is 1. The van der Waals surface area contributed by atoms with Gasteiger partial charge in [0, 0.05) is 31.3 Å². The average molecular weight is 473 g/mol. The molecule has 34 heavy (non-hydrogen) atoms. The molecular weight excluding hydrogens is 436 g/mol. The van der Waals surface area contributed by atoms with E-state index in [-0.39, 0.29) is 12.5 Å². The number of benzene rings is 2. The molecule has 0 aliphatic heterocycles. The molecule has 2 amide bonds. The van der Waals surface area contributed by atoms with Crippen LogP contribution in [0.5, 0.6) is 11.5 Å². The van der Waals surface area contributed by atoms with Gasteiger partial charge in [0.25, 0.3) is 0 Å². The summed E-state index contributed by atoms with van der Waals surface area (Å²) in [4.78, 5) is 25.9. The molecule has 0 radical (unpaired) electrons. The Hall–Kier alpha value is -3.26. The first-order valence-electron chi connectivity index (χ1n) is 11.6. The molecule has 8 heteroatoms. The third-order valence-electron chi connectivity index (χ3n) is 5.20. The molecule has 2 aromatic rings. The molecule has 2 rings (SSSR count). The van der Waals surface area contributed by atoms with Crippen molar-refractivity contribution in [3.63, 3.8) is 0 Å². The molecule has 0 spiro atoms. The van der Waals surface area contributed by atoms with Crippen LogP contribution < -0.4 is 14.8 Å². The lowest BCUT2D eigenvalue weighted by Gasteiger charge is -2.24. The third-order valence-corrected chi connectivity index (χ3v) is 5.20. The van der Waals surface area contributed by atoms with Gasteiger partial charge in [-0.2, -0.15) is 0 Å². The van der Waals surface area contributed by atoms with E-state index in [1.807, 2.05) is 30.3 Å². The summed E-state index contributed by atoms with van der Waals surface area (Å²) >= 11 is 0. The smallest absolute Gasteiger partial charge is 0.333 e. The Morgan fingerprint density at radius 1 is 1.06 bits per heavy atom. The van der Waals surface area contributed by atoms with Gasteiger partial charge in [-0.25, -0.2) is 9.59 Å². The SMILES string of the molecule is CCOC(Cc1ccc(OCCN(CCC(C)C)C(=O)Nc2cccc(OC)c2)cc1)C(=O)O. The number of hydrogen-bond acceptors (Lipinski definition) is 5. The standard InChI is InChI=1S/C26H36N2O6/c1-5-33-24(25(29)30)17-20-9-11-22(12-10-20)34-16-15-28(14-13-19(2)3)26(31)27-21-7-6-8-23(18-21)32-4/h6-12,18-19,24H,5,13-17H2,1-4H3,(H,27,31)(H,29,30). The van der Waals surface area contributed by atoms with Crippen molar-refractivity contribution < 1.29 is 28.9 Å². The van der Waals surface area contributed by atoms with Gasteiger partial charge in [-0.1, -0.05) is 32.0 Å². The number of carboxylic acids is 1. The number of nitrogens with one attached hydrogen (secondary N) is 1. The molecule has 0 bridgehead atoms. The first-order valence-corrected chi connectivity index (χ1v) is 11.6. The van der Waals surface area contributed by atoms with Gasteiger partial charge < -0.3 is 29.5 Å². The van der Waals surface area contributed by atoms with Gasteiger partial charge in [-0.15, -0.1) is 0 Å². The van der Waals surface area contributed by atoms with E-state index >= 15 is 0 Å². The summed E-state index contributed by atoms with van der Waals surface area (Å²) in [6, 6.07) is 14.3. The Morgan fingerprint density at radius 3 is 2.41 bits per heavy atom. The van der Waals surface area contributed by atoms with Crippen LogP contribution in [0.4, 0.5) is 10.5 Å². The number of ether oxygens (including phenoxy) is 3. The molecule has 1 atom stereocenters. The summed E-state index contributed by atoms with van der Waals surface area (Å²) < 4.78 is 16.3. The van der Waals surface area contributed by atoms with Crippen LogP contribution in [-0.4, -0.2) is 61.5 Å². The highest BCUT2D eigenvalue weighted by Gasteiger charge is 2.18. The summed E-state index contributed by atoms with van der Waals surface area (Å²) in [5.41, 5.74) is 1.52. The van der Waals surface area contributed by atoms with Crippen LogP contribution in [-0.2, 0) is 16.0 Å². The largest absolute Gasteiger partial charge is 0.497 e. The summed E-state index contributed by atoms with van der Waals surface area (Å²) in [7, 11) is 1.59.